The number of nitrogens with zero attached hydrogens (tertiary/aromatic N) is 1. The van der Waals surface area contributed by atoms with Gasteiger partial charge in [-0.2, -0.15) is 0 Å². The molecule has 1 saturated carbocycles. The molecule has 18 heavy (non-hydrogen) atoms. The smallest absolute Gasteiger partial charge is 0.231 e. The van der Waals surface area contributed by atoms with E-state index in [1.165, 1.54) is 19.3 Å². The maximum absolute atomic E-state index is 11.8. The van der Waals surface area contributed by atoms with E-state index >= 15 is 0 Å². The predicted molar refractivity (Wildman–Crippen MR) is 72.2 cm³/mol. The Labute approximate surface area is 110 Å². The van der Waals surface area contributed by atoms with Gasteiger partial charge >= 0.3 is 0 Å². The van der Waals surface area contributed by atoms with Gasteiger partial charge in [-0.15, -0.1) is 0 Å². The van der Waals surface area contributed by atoms with Crippen LogP contribution in [0.5, 0.6) is 0 Å². The number of hydrogen-bond acceptors (Lipinski definition) is 2. The van der Waals surface area contributed by atoms with Gasteiger partial charge in [-0.25, -0.2) is 0 Å². The van der Waals surface area contributed by atoms with Crippen molar-refractivity contribution in [1.82, 2.24) is 10.2 Å². The summed E-state index contributed by atoms with van der Waals surface area (Å²) in [5, 5.41) is 2.97. The third kappa shape index (κ3) is 5.52. The van der Waals surface area contributed by atoms with E-state index in [9.17, 15) is 9.59 Å². The maximum atomic E-state index is 11.8. The fraction of sp³-hybridized carbons (Fsp3) is 0.857. The van der Waals surface area contributed by atoms with Gasteiger partial charge in [-0.05, 0) is 19.3 Å². The van der Waals surface area contributed by atoms with Gasteiger partial charge in [-0.1, -0.05) is 32.6 Å². The van der Waals surface area contributed by atoms with Crippen molar-refractivity contribution < 1.29 is 9.59 Å². The van der Waals surface area contributed by atoms with Gasteiger partial charge in [0, 0.05) is 19.6 Å². The number of rotatable bonds is 6. The van der Waals surface area contributed by atoms with Gasteiger partial charge in [0.15, 0.2) is 0 Å². The SMILES string of the molecule is CCCCN(C)C(=O)CC(=O)NC1CCCCC1. The molecule has 0 radical (unpaired) electrons. The van der Waals surface area contributed by atoms with Crippen molar-refractivity contribution in [1.29, 1.82) is 0 Å². The van der Waals surface area contributed by atoms with Crippen molar-refractivity contribution in [3.8, 4) is 0 Å². The Balaban J connectivity index is 2.23. The lowest BCUT2D eigenvalue weighted by molar-refractivity contribution is -0.135. The lowest BCUT2D eigenvalue weighted by Gasteiger charge is -2.23. The van der Waals surface area contributed by atoms with Gasteiger partial charge in [0.1, 0.15) is 6.42 Å². The van der Waals surface area contributed by atoms with Crippen molar-refractivity contribution in [2.75, 3.05) is 13.6 Å². The van der Waals surface area contributed by atoms with E-state index < -0.39 is 0 Å². The highest BCUT2D eigenvalue weighted by Gasteiger charge is 2.18. The molecule has 1 rings (SSSR count). The average Bonchev–Trinajstić information content (AvgIpc) is 2.36. The Bertz CT molecular complexity index is 273. The predicted octanol–water partition coefficient (Wildman–Crippen LogP) is 2.08. The molecule has 0 saturated heterocycles. The van der Waals surface area contributed by atoms with E-state index in [4.69, 9.17) is 0 Å². The number of hydrogen-bond donors (Lipinski definition) is 1. The maximum Gasteiger partial charge on any atom is 0.231 e. The largest absolute Gasteiger partial charge is 0.353 e. The van der Waals surface area contributed by atoms with Crippen LogP contribution in [0.1, 0.15) is 58.3 Å². The summed E-state index contributed by atoms with van der Waals surface area (Å²) in [6.45, 7) is 2.83. The van der Waals surface area contributed by atoms with Gasteiger partial charge in [0.25, 0.3) is 0 Å². The van der Waals surface area contributed by atoms with Crippen LogP contribution in [-0.2, 0) is 9.59 Å². The van der Waals surface area contributed by atoms with Crippen LogP contribution in [0.2, 0.25) is 0 Å². The molecule has 1 N–H and O–H groups in total. The van der Waals surface area contributed by atoms with Crippen LogP contribution in [-0.4, -0.2) is 36.3 Å². The summed E-state index contributed by atoms with van der Waals surface area (Å²) in [5.74, 6) is -0.188. The first kappa shape index (κ1) is 15.0. The van der Waals surface area contributed by atoms with Gasteiger partial charge in [-0.3, -0.25) is 9.59 Å². The molecule has 0 unspecified atom stereocenters. The van der Waals surface area contributed by atoms with E-state index in [-0.39, 0.29) is 18.2 Å². The summed E-state index contributed by atoms with van der Waals surface area (Å²) in [5.41, 5.74) is 0. The zero-order valence-electron chi connectivity index (χ0n) is 11.7. The summed E-state index contributed by atoms with van der Waals surface area (Å²) >= 11 is 0. The van der Waals surface area contributed by atoms with E-state index in [0.717, 1.165) is 32.2 Å². The monoisotopic (exact) mass is 254 g/mol. The van der Waals surface area contributed by atoms with E-state index in [1.54, 1.807) is 11.9 Å². The first-order valence-electron chi connectivity index (χ1n) is 7.16. The minimum atomic E-state index is -0.116. The number of unbranched alkanes of at least 4 members (excludes halogenated alkanes) is 1. The second-order valence-electron chi connectivity index (χ2n) is 5.25. The third-order valence-electron chi connectivity index (χ3n) is 3.55. The summed E-state index contributed by atoms with van der Waals surface area (Å²) in [6, 6.07) is 0.292. The molecule has 0 aromatic rings. The quantitative estimate of drug-likeness (QED) is 0.738. The van der Waals surface area contributed by atoms with Crippen molar-refractivity contribution in [2.45, 2.75) is 64.3 Å². The first-order valence-corrected chi connectivity index (χ1v) is 7.16. The van der Waals surface area contributed by atoms with Crippen LogP contribution in [0, 0.1) is 0 Å². The highest BCUT2D eigenvalue weighted by Crippen LogP contribution is 2.17. The lowest BCUT2D eigenvalue weighted by atomic mass is 9.95. The molecule has 104 valence electrons. The number of carbonyl (C=O) groups excluding carboxylic acids is 2. The molecule has 0 atom stereocenters. The molecule has 0 bridgehead atoms. The molecule has 1 aliphatic carbocycles. The topological polar surface area (TPSA) is 49.4 Å². The van der Waals surface area contributed by atoms with Crippen molar-refractivity contribution in [3.05, 3.63) is 0 Å². The molecular formula is C14H26N2O2. The first-order chi connectivity index (χ1) is 8.63. The standard InChI is InChI=1S/C14H26N2O2/c1-3-4-10-16(2)14(18)11-13(17)15-12-8-6-5-7-9-12/h12H,3-11H2,1-2H3,(H,15,17). The summed E-state index contributed by atoms with van der Waals surface area (Å²) in [7, 11) is 1.77. The summed E-state index contributed by atoms with van der Waals surface area (Å²) in [6.07, 6.45) is 7.82. The minimum absolute atomic E-state index is 0.00326. The molecular weight excluding hydrogens is 228 g/mol. The van der Waals surface area contributed by atoms with Crippen LogP contribution in [0.25, 0.3) is 0 Å². The highest BCUT2D eigenvalue weighted by molar-refractivity contribution is 5.96. The fourth-order valence-electron chi connectivity index (χ4n) is 2.32. The summed E-state index contributed by atoms with van der Waals surface area (Å²) in [4.78, 5) is 25.2. The van der Waals surface area contributed by atoms with E-state index in [1.807, 2.05) is 0 Å². The average molecular weight is 254 g/mol. The van der Waals surface area contributed by atoms with Gasteiger partial charge in [0.2, 0.25) is 11.8 Å². The molecule has 2 amide bonds. The minimum Gasteiger partial charge on any atom is -0.353 e. The molecule has 4 nitrogen and oxygen atoms in total. The second kappa shape index (κ2) is 8.11. The Morgan fingerprint density at radius 1 is 1.22 bits per heavy atom. The summed E-state index contributed by atoms with van der Waals surface area (Å²) < 4.78 is 0. The molecule has 0 aromatic carbocycles. The molecule has 1 aliphatic rings. The second-order valence-corrected chi connectivity index (χ2v) is 5.25. The van der Waals surface area contributed by atoms with Crippen molar-refractivity contribution in [2.24, 2.45) is 0 Å². The van der Waals surface area contributed by atoms with Crippen molar-refractivity contribution >= 4 is 11.8 Å². The Hall–Kier alpha value is -1.06. The fourth-order valence-corrected chi connectivity index (χ4v) is 2.32. The van der Waals surface area contributed by atoms with Crippen LogP contribution in [0.15, 0.2) is 0 Å². The van der Waals surface area contributed by atoms with Gasteiger partial charge in [0.05, 0.1) is 0 Å². The zero-order valence-corrected chi connectivity index (χ0v) is 11.7. The normalized spacial score (nSPS) is 16.3. The van der Waals surface area contributed by atoms with Crippen LogP contribution in [0.3, 0.4) is 0 Å². The van der Waals surface area contributed by atoms with Gasteiger partial charge < -0.3 is 10.2 Å². The highest BCUT2D eigenvalue weighted by atomic mass is 16.2. The Kier molecular flexibility index (Phi) is 6.76. The lowest BCUT2D eigenvalue weighted by Crippen LogP contribution is -2.39. The van der Waals surface area contributed by atoms with Crippen LogP contribution < -0.4 is 5.32 Å². The Morgan fingerprint density at radius 2 is 1.89 bits per heavy atom. The van der Waals surface area contributed by atoms with Crippen LogP contribution >= 0.6 is 0 Å². The molecule has 0 aromatic heterocycles. The molecule has 0 spiro atoms. The number of amides is 2. The van der Waals surface area contributed by atoms with E-state index in [0.29, 0.717) is 6.04 Å². The zero-order chi connectivity index (χ0) is 13.4. The molecule has 0 aliphatic heterocycles. The number of nitrogens with one attached hydrogen (secondary N) is 1. The van der Waals surface area contributed by atoms with E-state index in [2.05, 4.69) is 12.2 Å². The third-order valence-corrected chi connectivity index (χ3v) is 3.55. The molecule has 0 heterocycles. The molecule has 4 heteroatoms. The number of carbonyl (C=O) groups is 2. The Morgan fingerprint density at radius 3 is 2.50 bits per heavy atom. The van der Waals surface area contributed by atoms with Crippen LogP contribution in [0.4, 0.5) is 0 Å². The molecule has 1 fully saturated rings. The van der Waals surface area contributed by atoms with Crippen molar-refractivity contribution in [3.63, 3.8) is 0 Å².